The molecular formula is C12H21N5. The summed E-state index contributed by atoms with van der Waals surface area (Å²) >= 11 is 0. The summed E-state index contributed by atoms with van der Waals surface area (Å²) in [5, 5.41) is 11.3. The number of nitrogen functional groups attached to an aromatic ring is 1. The van der Waals surface area contributed by atoms with Crippen LogP contribution in [-0.4, -0.2) is 26.5 Å². The molecule has 1 aliphatic rings. The molecule has 2 heterocycles. The first-order chi connectivity index (χ1) is 7.84. The Balaban J connectivity index is 2.49. The van der Waals surface area contributed by atoms with Crippen molar-refractivity contribution in [3.8, 4) is 0 Å². The highest BCUT2D eigenvalue weighted by atomic mass is 15.4. The highest BCUT2D eigenvalue weighted by molar-refractivity contribution is 5.64. The van der Waals surface area contributed by atoms with E-state index in [-0.39, 0.29) is 11.1 Å². The summed E-state index contributed by atoms with van der Waals surface area (Å²) < 4.78 is 0. The van der Waals surface area contributed by atoms with Gasteiger partial charge >= 0.3 is 0 Å². The van der Waals surface area contributed by atoms with Crippen LogP contribution in [0.4, 0.5) is 11.5 Å². The first-order valence-electron chi connectivity index (χ1n) is 6.09. The lowest BCUT2D eigenvalue weighted by Crippen LogP contribution is -2.59. The van der Waals surface area contributed by atoms with Crippen molar-refractivity contribution in [2.45, 2.75) is 58.0 Å². The molecule has 1 saturated heterocycles. The smallest absolute Gasteiger partial charge is 0.173 e. The second-order valence-electron chi connectivity index (χ2n) is 6.02. The van der Waals surface area contributed by atoms with Crippen LogP contribution in [0, 0.1) is 0 Å². The van der Waals surface area contributed by atoms with Gasteiger partial charge in [-0.1, -0.05) is 0 Å². The largest absolute Gasteiger partial charge is 0.380 e. The molecule has 0 radical (unpaired) electrons. The quantitative estimate of drug-likeness (QED) is 0.806. The standard InChI is InChI=1S/C12H21N5/c1-11(2)6-5-7-12(3,4)17(11)9-8-14-16-15-10(9)13/h8H,5-7H2,1-4H3,(H2,13,14,15). The van der Waals surface area contributed by atoms with E-state index >= 15 is 0 Å². The summed E-state index contributed by atoms with van der Waals surface area (Å²) in [5.74, 6) is 0.461. The van der Waals surface area contributed by atoms with Gasteiger partial charge in [-0.25, -0.2) is 0 Å². The highest BCUT2D eigenvalue weighted by Crippen LogP contribution is 2.42. The zero-order valence-corrected chi connectivity index (χ0v) is 11.1. The van der Waals surface area contributed by atoms with Crippen molar-refractivity contribution in [1.82, 2.24) is 15.4 Å². The topological polar surface area (TPSA) is 67.9 Å². The van der Waals surface area contributed by atoms with Gasteiger partial charge < -0.3 is 10.6 Å². The Hall–Kier alpha value is -1.39. The first kappa shape index (κ1) is 12.1. The van der Waals surface area contributed by atoms with Gasteiger partial charge in [-0.3, -0.25) is 0 Å². The maximum absolute atomic E-state index is 5.94. The molecular weight excluding hydrogens is 214 g/mol. The molecule has 0 atom stereocenters. The van der Waals surface area contributed by atoms with Crippen LogP contribution in [0.25, 0.3) is 0 Å². The van der Waals surface area contributed by atoms with Gasteiger partial charge in [0.2, 0.25) is 0 Å². The average Bonchev–Trinajstić information content (AvgIpc) is 2.18. The van der Waals surface area contributed by atoms with Crippen LogP contribution in [0.1, 0.15) is 47.0 Å². The molecule has 1 aromatic heterocycles. The van der Waals surface area contributed by atoms with E-state index in [2.05, 4.69) is 48.0 Å². The van der Waals surface area contributed by atoms with Crippen LogP contribution >= 0.6 is 0 Å². The summed E-state index contributed by atoms with van der Waals surface area (Å²) in [6, 6.07) is 0. The predicted molar refractivity (Wildman–Crippen MR) is 68.7 cm³/mol. The molecule has 5 nitrogen and oxygen atoms in total. The number of piperidine rings is 1. The lowest BCUT2D eigenvalue weighted by Gasteiger charge is -2.54. The summed E-state index contributed by atoms with van der Waals surface area (Å²) in [6.07, 6.45) is 5.26. The SMILES string of the molecule is CC1(C)CCCC(C)(C)N1c1cnnnc1N. The predicted octanol–water partition coefficient (Wildman–Crippen LogP) is 2.00. The summed E-state index contributed by atoms with van der Waals surface area (Å²) in [7, 11) is 0. The van der Waals surface area contributed by atoms with Gasteiger partial charge in [0, 0.05) is 11.1 Å². The van der Waals surface area contributed by atoms with Gasteiger partial charge in [0.15, 0.2) is 5.82 Å². The number of hydrogen-bond donors (Lipinski definition) is 1. The minimum absolute atomic E-state index is 0.0700. The third-order valence-electron chi connectivity index (χ3n) is 3.68. The minimum Gasteiger partial charge on any atom is -0.380 e. The number of rotatable bonds is 1. The molecule has 0 spiro atoms. The number of hydrogen-bond acceptors (Lipinski definition) is 5. The number of nitrogens with zero attached hydrogens (tertiary/aromatic N) is 4. The van der Waals surface area contributed by atoms with E-state index in [0.29, 0.717) is 5.82 Å². The molecule has 1 aromatic rings. The Morgan fingerprint density at radius 3 is 2.29 bits per heavy atom. The van der Waals surface area contributed by atoms with Crippen molar-refractivity contribution >= 4 is 11.5 Å². The third-order valence-corrected chi connectivity index (χ3v) is 3.68. The lowest BCUT2D eigenvalue weighted by molar-refractivity contribution is 0.244. The van der Waals surface area contributed by atoms with Gasteiger partial charge in [-0.15, -0.1) is 10.2 Å². The summed E-state index contributed by atoms with van der Waals surface area (Å²) in [4.78, 5) is 2.35. The number of aromatic nitrogens is 3. The Morgan fingerprint density at radius 2 is 1.76 bits per heavy atom. The van der Waals surface area contributed by atoms with Crippen molar-refractivity contribution in [3.05, 3.63) is 6.20 Å². The van der Waals surface area contributed by atoms with Gasteiger partial charge in [0.1, 0.15) is 5.69 Å². The Labute approximate surface area is 102 Å². The highest BCUT2D eigenvalue weighted by Gasteiger charge is 2.42. The van der Waals surface area contributed by atoms with Crippen LogP contribution in [0.15, 0.2) is 6.20 Å². The number of anilines is 2. The Bertz CT molecular complexity index is 397. The summed E-state index contributed by atoms with van der Waals surface area (Å²) in [6.45, 7) is 8.98. The van der Waals surface area contributed by atoms with Crippen molar-refractivity contribution in [2.24, 2.45) is 0 Å². The second kappa shape index (κ2) is 3.82. The molecule has 0 unspecified atom stereocenters. The Kier molecular flexibility index (Phi) is 2.72. The molecule has 0 saturated carbocycles. The molecule has 94 valence electrons. The van der Waals surface area contributed by atoms with Crippen molar-refractivity contribution in [3.63, 3.8) is 0 Å². The van der Waals surface area contributed by atoms with Gasteiger partial charge in [0.25, 0.3) is 0 Å². The van der Waals surface area contributed by atoms with E-state index in [9.17, 15) is 0 Å². The van der Waals surface area contributed by atoms with Gasteiger partial charge in [0.05, 0.1) is 6.20 Å². The van der Waals surface area contributed by atoms with E-state index in [0.717, 1.165) is 18.5 Å². The maximum atomic E-state index is 5.94. The van der Waals surface area contributed by atoms with E-state index in [1.54, 1.807) is 6.20 Å². The normalized spacial score (nSPS) is 22.5. The average molecular weight is 235 g/mol. The zero-order chi connectivity index (χ0) is 12.7. The minimum atomic E-state index is 0.0700. The van der Waals surface area contributed by atoms with Crippen LogP contribution in [0.5, 0.6) is 0 Å². The molecule has 17 heavy (non-hydrogen) atoms. The van der Waals surface area contributed by atoms with Gasteiger partial charge in [-0.05, 0) is 52.2 Å². The van der Waals surface area contributed by atoms with Crippen LogP contribution < -0.4 is 10.6 Å². The van der Waals surface area contributed by atoms with E-state index in [1.165, 1.54) is 6.42 Å². The molecule has 1 aliphatic heterocycles. The van der Waals surface area contributed by atoms with Crippen molar-refractivity contribution in [2.75, 3.05) is 10.6 Å². The molecule has 0 amide bonds. The molecule has 0 aromatic carbocycles. The molecule has 1 fully saturated rings. The van der Waals surface area contributed by atoms with Crippen molar-refractivity contribution in [1.29, 1.82) is 0 Å². The lowest BCUT2D eigenvalue weighted by atomic mass is 9.79. The van der Waals surface area contributed by atoms with Crippen LogP contribution in [-0.2, 0) is 0 Å². The van der Waals surface area contributed by atoms with E-state index in [1.807, 2.05) is 0 Å². The maximum Gasteiger partial charge on any atom is 0.173 e. The fraction of sp³-hybridized carbons (Fsp3) is 0.750. The van der Waals surface area contributed by atoms with Crippen LogP contribution in [0.2, 0.25) is 0 Å². The van der Waals surface area contributed by atoms with E-state index < -0.39 is 0 Å². The molecule has 0 bridgehead atoms. The van der Waals surface area contributed by atoms with Crippen molar-refractivity contribution < 1.29 is 0 Å². The number of nitrogens with two attached hydrogens (primary N) is 1. The monoisotopic (exact) mass is 235 g/mol. The fourth-order valence-corrected chi connectivity index (χ4v) is 3.09. The molecule has 5 heteroatoms. The van der Waals surface area contributed by atoms with Gasteiger partial charge in [-0.2, -0.15) is 0 Å². The Morgan fingerprint density at radius 1 is 1.18 bits per heavy atom. The van der Waals surface area contributed by atoms with E-state index in [4.69, 9.17) is 5.73 Å². The van der Waals surface area contributed by atoms with Crippen LogP contribution in [0.3, 0.4) is 0 Å². The third kappa shape index (κ3) is 2.06. The fourth-order valence-electron chi connectivity index (χ4n) is 3.09. The zero-order valence-electron chi connectivity index (χ0n) is 11.1. The first-order valence-corrected chi connectivity index (χ1v) is 6.09. The molecule has 2 N–H and O–H groups in total. The second-order valence-corrected chi connectivity index (χ2v) is 6.02. The summed E-state index contributed by atoms with van der Waals surface area (Å²) in [5.41, 5.74) is 6.98. The molecule has 2 rings (SSSR count). The molecule has 0 aliphatic carbocycles.